The lowest BCUT2D eigenvalue weighted by atomic mass is 10.1. The summed E-state index contributed by atoms with van der Waals surface area (Å²) < 4.78 is 25.4. The molecule has 3 heterocycles. The zero-order valence-corrected chi connectivity index (χ0v) is 16.7. The fourth-order valence-electron chi connectivity index (χ4n) is 3.56. The van der Waals surface area contributed by atoms with Crippen LogP contribution in [0.4, 0.5) is 5.69 Å². The third kappa shape index (κ3) is 3.68. The van der Waals surface area contributed by atoms with Gasteiger partial charge in [0, 0.05) is 55.9 Å². The molecule has 1 fully saturated rings. The number of aromatic nitrogens is 3. The van der Waals surface area contributed by atoms with Crippen molar-refractivity contribution >= 4 is 32.3 Å². The van der Waals surface area contributed by atoms with Gasteiger partial charge in [-0.3, -0.25) is 4.79 Å². The molecule has 0 aliphatic carbocycles. The Morgan fingerprint density at radius 1 is 1.10 bits per heavy atom. The monoisotopic (exact) mass is 414 g/mol. The number of amides is 1. The van der Waals surface area contributed by atoms with Crippen molar-refractivity contribution in [1.29, 1.82) is 0 Å². The molecule has 1 saturated heterocycles. The highest BCUT2D eigenvalue weighted by Crippen LogP contribution is 2.30. The van der Waals surface area contributed by atoms with Crippen molar-refractivity contribution in [3.63, 3.8) is 0 Å². The second kappa shape index (κ2) is 7.45. The molecule has 0 N–H and O–H groups in total. The smallest absolute Gasteiger partial charge is 0.252 e. The highest BCUT2D eigenvalue weighted by Gasteiger charge is 2.22. The van der Waals surface area contributed by atoms with Crippen molar-refractivity contribution in [3.8, 4) is 5.82 Å². The average Bonchev–Trinajstić information content (AvgIpc) is 3.17. The van der Waals surface area contributed by atoms with Crippen LogP contribution >= 0.6 is 0 Å². The van der Waals surface area contributed by atoms with Gasteiger partial charge < -0.3 is 14.4 Å². The number of carbonyl (C=O) groups is 1. The van der Waals surface area contributed by atoms with Crippen molar-refractivity contribution < 1.29 is 18.3 Å². The summed E-state index contributed by atoms with van der Waals surface area (Å²) >= 11 is 0. The van der Waals surface area contributed by atoms with E-state index in [9.17, 15) is 18.3 Å². The van der Waals surface area contributed by atoms with Crippen molar-refractivity contribution in [1.82, 2.24) is 19.4 Å². The summed E-state index contributed by atoms with van der Waals surface area (Å²) in [4.78, 5) is 23.4. The maximum absolute atomic E-state index is 11.8. The third-order valence-corrected chi connectivity index (χ3v) is 5.86. The molecule has 1 aliphatic heterocycles. The van der Waals surface area contributed by atoms with Gasteiger partial charge in [0.1, 0.15) is 5.82 Å². The SMILES string of the molecule is CS(=O)(=O)c1nccc(-n2ccc3c(N4CCN(C(=O)C[O])CC4)cccc32)n1. The first-order valence-corrected chi connectivity index (χ1v) is 11.0. The molecule has 0 atom stereocenters. The van der Waals surface area contributed by atoms with Gasteiger partial charge in [-0.1, -0.05) is 6.07 Å². The molecule has 10 heteroatoms. The number of fused-ring (bicyclic) bond motifs is 1. The number of sulfone groups is 1. The van der Waals surface area contributed by atoms with Gasteiger partial charge in [0.2, 0.25) is 15.0 Å². The molecule has 1 radical (unpaired) electrons. The van der Waals surface area contributed by atoms with Crippen LogP contribution < -0.4 is 4.90 Å². The zero-order chi connectivity index (χ0) is 20.6. The summed E-state index contributed by atoms with van der Waals surface area (Å²) in [5, 5.41) is 11.6. The molecule has 4 rings (SSSR count). The molecular weight excluding hydrogens is 394 g/mol. The largest absolute Gasteiger partial charge is 0.367 e. The summed E-state index contributed by atoms with van der Waals surface area (Å²) in [5.41, 5.74) is 1.91. The molecule has 0 spiro atoms. The quantitative estimate of drug-likeness (QED) is 0.587. The van der Waals surface area contributed by atoms with E-state index in [4.69, 9.17) is 0 Å². The molecule has 1 aromatic carbocycles. The van der Waals surface area contributed by atoms with Gasteiger partial charge in [-0.05, 0) is 24.3 Å². The van der Waals surface area contributed by atoms with Crippen LogP contribution in [0.1, 0.15) is 0 Å². The Kier molecular flexibility index (Phi) is 4.97. The number of nitrogens with zero attached hydrogens (tertiary/aromatic N) is 5. The van der Waals surface area contributed by atoms with Gasteiger partial charge in [-0.2, -0.15) is 0 Å². The van der Waals surface area contributed by atoms with Crippen molar-refractivity contribution in [2.45, 2.75) is 5.16 Å². The Balaban J connectivity index is 1.67. The maximum atomic E-state index is 11.8. The molecule has 3 aromatic rings. The van der Waals surface area contributed by atoms with E-state index in [1.54, 1.807) is 11.0 Å². The number of hydrogen-bond donors (Lipinski definition) is 0. The zero-order valence-electron chi connectivity index (χ0n) is 15.9. The topological polar surface area (TPSA) is 108 Å². The lowest BCUT2D eigenvalue weighted by Gasteiger charge is -2.36. The molecule has 0 unspecified atom stereocenters. The second-order valence-electron chi connectivity index (χ2n) is 6.88. The summed E-state index contributed by atoms with van der Waals surface area (Å²) in [7, 11) is -3.51. The normalized spacial score (nSPS) is 15.1. The van der Waals surface area contributed by atoms with Crippen LogP contribution in [0.25, 0.3) is 16.7 Å². The minimum absolute atomic E-state index is 0.216. The molecule has 9 nitrogen and oxygen atoms in total. The number of benzene rings is 1. The number of rotatable bonds is 4. The van der Waals surface area contributed by atoms with Crippen LogP contribution in [0.5, 0.6) is 0 Å². The highest BCUT2D eigenvalue weighted by molar-refractivity contribution is 7.90. The molecule has 29 heavy (non-hydrogen) atoms. The Morgan fingerprint density at radius 3 is 2.55 bits per heavy atom. The van der Waals surface area contributed by atoms with E-state index in [1.165, 1.54) is 6.20 Å². The summed E-state index contributed by atoms with van der Waals surface area (Å²) in [6, 6.07) is 9.51. The average molecular weight is 414 g/mol. The van der Waals surface area contributed by atoms with Gasteiger partial charge in [0.25, 0.3) is 5.91 Å². The molecular formula is C19H20N5O4S. The van der Waals surface area contributed by atoms with Gasteiger partial charge in [0.05, 0.1) is 5.52 Å². The van der Waals surface area contributed by atoms with Crippen LogP contribution in [0.2, 0.25) is 0 Å². The van der Waals surface area contributed by atoms with Crippen LogP contribution in [-0.2, 0) is 19.7 Å². The van der Waals surface area contributed by atoms with Crippen molar-refractivity contribution in [2.24, 2.45) is 0 Å². The first-order valence-electron chi connectivity index (χ1n) is 9.13. The standard InChI is InChI=1S/C19H20N5O4S/c1-29(27,28)19-20-7-5-17(21-19)24-8-6-14-15(3-2-4-16(14)24)22-9-11-23(12-10-22)18(26)13-25/h2-8H,9-13H2,1H3. The van der Waals surface area contributed by atoms with E-state index < -0.39 is 16.4 Å². The first-order chi connectivity index (χ1) is 13.9. The molecule has 2 aromatic heterocycles. The molecule has 0 bridgehead atoms. The van der Waals surface area contributed by atoms with Gasteiger partial charge in [0.15, 0.2) is 6.61 Å². The van der Waals surface area contributed by atoms with E-state index >= 15 is 0 Å². The van der Waals surface area contributed by atoms with E-state index in [1.807, 2.05) is 35.0 Å². The summed E-state index contributed by atoms with van der Waals surface area (Å²) in [5.74, 6) is 0.109. The van der Waals surface area contributed by atoms with E-state index in [0.717, 1.165) is 22.8 Å². The van der Waals surface area contributed by atoms with Gasteiger partial charge >= 0.3 is 0 Å². The minimum Gasteiger partial charge on any atom is -0.367 e. The molecule has 1 aliphatic rings. The van der Waals surface area contributed by atoms with Crippen LogP contribution in [0, 0.1) is 0 Å². The minimum atomic E-state index is -3.51. The Morgan fingerprint density at radius 2 is 1.86 bits per heavy atom. The van der Waals surface area contributed by atoms with Gasteiger partial charge in [-0.15, -0.1) is 0 Å². The maximum Gasteiger partial charge on any atom is 0.252 e. The molecule has 0 saturated carbocycles. The fourth-order valence-corrected chi connectivity index (χ4v) is 4.07. The number of hydrogen-bond acceptors (Lipinski definition) is 6. The first kappa shape index (κ1) is 19.3. The molecule has 151 valence electrons. The van der Waals surface area contributed by atoms with E-state index in [2.05, 4.69) is 14.9 Å². The number of anilines is 1. The van der Waals surface area contributed by atoms with Crippen molar-refractivity contribution in [2.75, 3.05) is 43.9 Å². The van der Waals surface area contributed by atoms with Crippen molar-refractivity contribution in [3.05, 3.63) is 42.7 Å². The van der Waals surface area contributed by atoms with Crippen LogP contribution in [-0.4, -0.2) is 72.8 Å². The van der Waals surface area contributed by atoms with Crippen LogP contribution in [0.3, 0.4) is 0 Å². The van der Waals surface area contributed by atoms with Gasteiger partial charge in [-0.25, -0.2) is 23.5 Å². The Bertz CT molecular complexity index is 1170. The summed E-state index contributed by atoms with van der Waals surface area (Å²) in [6.45, 7) is 1.60. The predicted octanol–water partition coefficient (Wildman–Crippen LogP) is 0.903. The Hall–Kier alpha value is -2.98. The van der Waals surface area contributed by atoms with Crippen LogP contribution in [0.15, 0.2) is 47.9 Å². The van der Waals surface area contributed by atoms with E-state index in [0.29, 0.717) is 32.0 Å². The number of carbonyl (C=O) groups excluding carboxylic acids is 1. The lowest BCUT2D eigenvalue weighted by molar-refractivity contribution is -0.136. The third-order valence-electron chi connectivity index (χ3n) is 5.00. The fraction of sp³-hybridized carbons (Fsp3) is 0.316. The molecule has 1 amide bonds. The Labute approximate surface area is 168 Å². The van der Waals surface area contributed by atoms with E-state index in [-0.39, 0.29) is 11.1 Å². The lowest BCUT2D eigenvalue weighted by Crippen LogP contribution is -2.49. The number of piperazine rings is 1. The predicted molar refractivity (Wildman–Crippen MR) is 106 cm³/mol. The summed E-state index contributed by atoms with van der Waals surface area (Å²) in [6.07, 6.45) is 4.36. The second-order valence-corrected chi connectivity index (χ2v) is 8.79. The highest BCUT2D eigenvalue weighted by atomic mass is 32.2.